The highest BCUT2D eigenvalue weighted by molar-refractivity contribution is 5.46. The zero-order chi connectivity index (χ0) is 17.6. The molecule has 0 unspecified atom stereocenters. The standard InChI is InChI=1S/C18H22N4O3/c1-25-17-5-2-14(3-6-17)12-19-15-8-10-21(11-9-15)16-4-7-18(20-13-16)22(23)24/h2-7,13,15,19H,8-12H2,1H3. The van der Waals surface area contributed by atoms with Crippen molar-refractivity contribution in [2.24, 2.45) is 0 Å². The molecule has 132 valence electrons. The average molecular weight is 342 g/mol. The monoisotopic (exact) mass is 342 g/mol. The lowest BCUT2D eigenvalue weighted by Gasteiger charge is -2.33. The van der Waals surface area contributed by atoms with E-state index in [-0.39, 0.29) is 5.82 Å². The number of hydrogen-bond acceptors (Lipinski definition) is 6. The molecule has 1 N–H and O–H groups in total. The van der Waals surface area contributed by atoms with Crippen molar-refractivity contribution in [1.82, 2.24) is 10.3 Å². The number of rotatable bonds is 6. The normalized spacial score (nSPS) is 15.2. The fraction of sp³-hybridized carbons (Fsp3) is 0.389. The summed E-state index contributed by atoms with van der Waals surface area (Å²) in [6.45, 7) is 2.67. The molecule has 25 heavy (non-hydrogen) atoms. The van der Waals surface area contributed by atoms with Crippen molar-refractivity contribution >= 4 is 11.5 Å². The van der Waals surface area contributed by atoms with Crippen LogP contribution in [-0.4, -0.2) is 36.1 Å². The maximum Gasteiger partial charge on any atom is 0.363 e. The van der Waals surface area contributed by atoms with Gasteiger partial charge in [-0.05, 0) is 46.5 Å². The molecule has 0 saturated carbocycles. The van der Waals surface area contributed by atoms with Gasteiger partial charge in [0.15, 0.2) is 6.20 Å². The van der Waals surface area contributed by atoms with Crippen LogP contribution in [0.15, 0.2) is 42.6 Å². The van der Waals surface area contributed by atoms with E-state index in [1.54, 1.807) is 19.4 Å². The van der Waals surface area contributed by atoms with Crippen molar-refractivity contribution in [1.29, 1.82) is 0 Å². The van der Waals surface area contributed by atoms with Gasteiger partial charge in [0.05, 0.1) is 12.8 Å². The van der Waals surface area contributed by atoms with E-state index >= 15 is 0 Å². The van der Waals surface area contributed by atoms with Gasteiger partial charge in [0.25, 0.3) is 0 Å². The number of ether oxygens (including phenoxy) is 1. The van der Waals surface area contributed by atoms with Gasteiger partial charge < -0.3 is 25.1 Å². The molecule has 1 aromatic heterocycles. The fourth-order valence-corrected chi connectivity index (χ4v) is 3.02. The lowest BCUT2D eigenvalue weighted by Crippen LogP contribution is -2.42. The zero-order valence-corrected chi connectivity index (χ0v) is 14.2. The Morgan fingerprint density at radius 1 is 1.24 bits per heavy atom. The van der Waals surface area contributed by atoms with Gasteiger partial charge in [-0.3, -0.25) is 0 Å². The van der Waals surface area contributed by atoms with Crippen LogP contribution in [0, 0.1) is 10.1 Å². The fourth-order valence-electron chi connectivity index (χ4n) is 3.02. The minimum Gasteiger partial charge on any atom is -0.497 e. The number of anilines is 1. The Hall–Kier alpha value is -2.67. The summed E-state index contributed by atoms with van der Waals surface area (Å²) in [6.07, 6.45) is 3.66. The maximum absolute atomic E-state index is 10.7. The zero-order valence-electron chi connectivity index (χ0n) is 14.2. The molecule has 2 aromatic rings. The first kappa shape index (κ1) is 17.2. The summed E-state index contributed by atoms with van der Waals surface area (Å²) >= 11 is 0. The molecular weight excluding hydrogens is 320 g/mol. The first-order valence-corrected chi connectivity index (χ1v) is 8.37. The first-order valence-electron chi connectivity index (χ1n) is 8.37. The molecule has 2 heterocycles. The minimum absolute atomic E-state index is 0.111. The van der Waals surface area contributed by atoms with Gasteiger partial charge in [-0.25, -0.2) is 0 Å². The summed E-state index contributed by atoms with van der Waals surface area (Å²) in [5.41, 5.74) is 2.18. The molecule has 0 aliphatic carbocycles. The van der Waals surface area contributed by atoms with Crippen LogP contribution in [0.3, 0.4) is 0 Å². The Labute approximate surface area is 146 Å². The topological polar surface area (TPSA) is 80.5 Å². The second kappa shape index (κ2) is 7.94. The molecule has 0 radical (unpaired) electrons. The third kappa shape index (κ3) is 4.45. The van der Waals surface area contributed by atoms with Crippen molar-refractivity contribution in [2.45, 2.75) is 25.4 Å². The van der Waals surface area contributed by atoms with E-state index in [1.807, 2.05) is 12.1 Å². The Morgan fingerprint density at radius 3 is 2.52 bits per heavy atom. The smallest absolute Gasteiger partial charge is 0.363 e. The van der Waals surface area contributed by atoms with E-state index in [0.717, 1.165) is 43.9 Å². The number of nitrogens with zero attached hydrogens (tertiary/aromatic N) is 3. The second-order valence-corrected chi connectivity index (χ2v) is 6.12. The van der Waals surface area contributed by atoms with Gasteiger partial charge in [0.1, 0.15) is 5.75 Å². The van der Waals surface area contributed by atoms with Gasteiger partial charge in [0, 0.05) is 31.7 Å². The maximum atomic E-state index is 10.7. The Balaban J connectivity index is 1.47. The minimum atomic E-state index is -0.473. The van der Waals surface area contributed by atoms with Crippen LogP contribution in [0.1, 0.15) is 18.4 Å². The molecular formula is C18H22N4O3. The number of pyridine rings is 1. The summed E-state index contributed by atoms with van der Waals surface area (Å²) in [5.74, 6) is 0.758. The number of nitro groups is 1. The van der Waals surface area contributed by atoms with Gasteiger partial charge >= 0.3 is 5.82 Å². The van der Waals surface area contributed by atoms with Gasteiger partial charge in [-0.2, -0.15) is 0 Å². The molecule has 0 atom stereocenters. The number of nitrogens with one attached hydrogen (secondary N) is 1. The quantitative estimate of drug-likeness (QED) is 0.642. The number of benzene rings is 1. The van der Waals surface area contributed by atoms with Crippen molar-refractivity contribution < 1.29 is 9.66 Å². The molecule has 7 nitrogen and oxygen atoms in total. The Bertz CT molecular complexity index is 695. The molecule has 1 fully saturated rings. The Morgan fingerprint density at radius 2 is 1.96 bits per heavy atom. The Kier molecular flexibility index (Phi) is 5.45. The molecule has 1 aliphatic heterocycles. The molecule has 1 saturated heterocycles. The van der Waals surface area contributed by atoms with Crippen LogP contribution in [0.2, 0.25) is 0 Å². The van der Waals surface area contributed by atoms with Crippen molar-refractivity contribution in [2.75, 3.05) is 25.1 Å². The van der Waals surface area contributed by atoms with Crippen LogP contribution in [0.4, 0.5) is 11.5 Å². The number of aromatic nitrogens is 1. The number of methoxy groups -OCH3 is 1. The van der Waals surface area contributed by atoms with Crippen molar-refractivity contribution in [3.63, 3.8) is 0 Å². The van der Waals surface area contributed by atoms with Crippen LogP contribution in [-0.2, 0) is 6.54 Å². The SMILES string of the molecule is COc1ccc(CNC2CCN(c3ccc([N+](=O)[O-])nc3)CC2)cc1. The van der Waals surface area contributed by atoms with Crippen molar-refractivity contribution in [3.8, 4) is 5.75 Å². The van der Waals surface area contributed by atoms with Gasteiger partial charge in [0.2, 0.25) is 0 Å². The molecule has 3 rings (SSSR count). The molecule has 0 bridgehead atoms. The molecule has 7 heteroatoms. The molecule has 0 amide bonds. The third-order valence-electron chi connectivity index (χ3n) is 4.53. The highest BCUT2D eigenvalue weighted by Crippen LogP contribution is 2.21. The van der Waals surface area contributed by atoms with Crippen LogP contribution < -0.4 is 15.0 Å². The third-order valence-corrected chi connectivity index (χ3v) is 4.53. The van der Waals surface area contributed by atoms with E-state index < -0.39 is 4.92 Å². The molecule has 0 spiro atoms. The van der Waals surface area contributed by atoms with Crippen LogP contribution >= 0.6 is 0 Å². The predicted molar refractivity (Wildman–Crippen MR) is 96.0 cm³/mol. The summed E-state index contributed by atoms with van der Waals surface area (Å²) < 4.78 is 5.17. The summed E-state index contributed by atoms with van der Waals surface area (Å²) in [6, 6.07) is 11.8. The second-order valence-electron chi connectivity index (χ2n) is 6.12. The van der Waals surface area contributed by atoms with Crippen LogP contribution in [0.5, 0.6) is 5.75 Å². The average Bonchev–Trinajstić information content (AvgIpc) is 2.67. The summed E-state index contributed by atoms with van der Waals surface area (Å²) in [7, 11) is 1.67. The van der Waals surface area contributed by atoms with E-state index in [2.05, 4.69) is 27.3 Å². The highest BCUT2D eigenvalue weighted by atomic mass is 16.6. The van der Waals surface area contributed by atoms with E-state index in [9.17, 15) is 10.1 Å². The summed E-state index contributed by atoms with van der Waals surface area (Å²) in [5, 5.41) is 14.3. The van der Waals surface area contributed by atoms with Crippen molar-refractivity contribution in [3.05, 3.63) is 58.3 Å². The summed E-state index contributed by atoms with van der Waals surface area (Å²) in [4.78, 5) is 16.3. The molecule has 1 aromatic carbocycles. The highest BCUT2D eigenvalue weighted by Gasteiger charge is 2.20. The van der Waals surface area contributed by atoms with E-state index in [4.69, 9.17) is 4.74 Å². The lowest BCUT2D eigenvalue weighted by atomic mass is 10.0. The lowest BCUT2D eigenvalue weighted by molar-refractivity contribution is -0.389. The first-order chi connectivity index (χ1) is 12.2. The van der Waals surface area contributed by atoms with Crippen LogP contribution in [0.25, 0.3) is 0 Å². The van der Waals surface area contributed by atoms with Gasteiger partial charge in [-0.1, -0.05) is 12.1 Å². The number of piperidine rings is 1. The largest absolute Gasteiger partial charge is 0.497 e. The predicted octanol–water partition coefficient (Wildman–Crippen LogP) is 2.76. The van der Waals surface area contributed by atoms with Gasteiger partial charge in [-0.15, -0.1) is 0 Å². The van der Waals surface area contributed by atoms with E-state index in [0.29, 0.717) is 6.04 Å². The van der Waals surface area contributed by atoms with E-state index in [1.165, 1.54) is 11.6 Å². The molecule has 1 aliphatic rings. The number of hydrogen-bond donors (Lipinski definition) is 1.